The molecule has 1 heterocycles. The Morgan fingerprint density at radius 3 is 3.05 bits per heavy atom. The molecule has 0 bridgehead atoms. The molecule has 1 saturated carbocycles. The Kier molecular flexibility index (Phi) is 3.89. The van der Waals surface area contributed by atoms with Crippen molar-refractivity contribution in [2.75, 3.05) is 11.9 Å². The molecule has 2 atom stereocenters. The SMILES string of the molecule is O=C1COc2ccc(CNC3CCCCC3O)cc2N1. The molecule has 3 rings (SSSR count). The molecule has 2 unspecified atom stereocenters. The van der Waals surface area contributed by atoms with Gasteiger partial charge in [-0.3, -0.25) is 4.79 Å². The number of ether oxygens (including phenoxy) is 1. The standard InChI is InChI=1S/C15H20N2O3/c18-13-4-2-1-3-11(13)16-8-10-5-6-14-12(7-10)17-15(19)9-20-14/h5-7,11,13,16,18H,1-4,8-9H2,(H,17,19). The van der Waals surface area contributed by atoms with E-state index in [2.05, 4.69) is 10.6 Å². The maximum absolute atomic E-state index is 11.3. The lowest BCUT2D eigenvalue weighted by atomic mass is 9.92. The number of nitrogens with one attached hydrogen (secondary N) is 2. The minimum atomic E-state index is -0.246. The number of hydrogen-bond donors (Lipinski definition) is 3. The normalized spacial score (nSPS) is 25.6. The van der Waals surface area contributed by atoms with Crippen molar-refractivity contribution < 1.29 is 14.6 Å². The molecular formula is C15H20N2O3. The van der Waals surface area contributed by atoms with Gasteiger partial charge in [0.1, 0.15) is 5.75 Å². The molecular weight excluding hydrogens is 256 g/mol. The first-order valence-corrected chi connectivity index (χ1v) is 7.19. The van der Waals surface area contributed by atoms with E-state index in [0.717, 1.165) is 30.5 Å². The van der Waals surface area contributed by atoms with Crippen LogP contribution in [0.3, 0.4) is 0 Å². The maximum Gasteiger partial charge on any atom is 0.262 e. The van der Waals surface area contributed by atoms with Crippen molar-refractivity contribution in [3.05, 3.63) is 23.8 Å². The van der Waals surface area contributed by atoms with E-state index in [-0.39, 0.29) is 24.7 Å². The number of aliphatic hydroxyl groups is 1. The second-order valence-corrected chi connectivity index (χ2v) is 5.51. The van der Waals surface area contributed by atoms with E-state index < -0.39 is 0 Å². The number of hydrogen-bond acceptors (Lipinski definition) is 4. The van der Waals surface area contributed by atoms with Crippen LogP contribution in [0.4, 0.5) is 5.69 Å². The second-order valence-electron chi connectivity index (χ2n) is 5.51. The van der Waals surface area contributed by atoms with Crippen molar-refractivity contribution in [3.63, 3.8) is 0 Å². The highest BCUT2D eigenvalue weighted by Gasteiger charge is 2.22. The zero-order valence-corrected chi connectivity index (χ0v) is 11.4. The van der Waals surface area contributed by atoms with Crippen molar-refractivity contribution >= 4 is 11.6 Å². The highest BCUT2D eigenvalue weighted by molar-refractivity contribution is 5.95. The van der Waals surface area contributed by atoms with E-state index in [0.29, 0.717) is 12.3 Å². The van der Waals surface area contributed by atoms with Crippen molar-refractivity contribution in [1.82, 2.24) is 5.32 Å². The average molecular weight is 276 g/mol. The number of amides is 1. The quantitative estimate of drug-likeness (QED) is 0.780. The van der Waals surface area contributed by atoms with E-state index in [1.54, 1.807) is 0 Å². The van der Waals surface area contributed by atoms with Gasteiger partial charge < -0.3 is 20.5 Å². The first kappa shape index (κ1) is 13.4. The minimum Gasteiger partial charge on any atom is -0.482 e. The lowest BCUT2D eigenvalue weighted by molar-refractivity contribution is -0.118. The van der Waals surface area contributed by atoms with E-state index in [1.165, 1.54) is 6.42 Å². The number of aliphatic hydroxyl groups excluding tert-OH is 1. The summed E-state index contributed by atoms with van der Waals surface area (Å²) in [7, 11) is 0. The largest absolute Gasteiger partial charge is 0.482 e. The first-order chi connectivity index (χ1) is 9.72. The summed E-state index contributed by atoms with van der Waals surface area (Å²) < 4.78 is 5.33. The van der Waals surface area contributed by atoms with Crippen LogP contribution in [0.1, 0.15) is 31.2 Å². The van der Waals surface area contributed by atoms with Gasteiger partial charge in [-0.15, -0.1) is 0 Å². The smallest absolute Gasteiger partial charge is 0.262 e. The summed E-state index contributed by atoms with van der Waals surface area (Å²) in [5.74, 6) is 0.594. The van der Waals surface area contributed by atoms with Crippen molar-refractivity contribution in [2.45, 2.75) is 44.4 Å². The molecule has 0 spiro atoms. The molecule has 0 radical (unpaired) electrons. The third-order valence-electron chi connectivity index (χ3n) is 3.97. The Balaban J connectivity index is 1.63. The topological polar surface area (TPSA) is 70.6 Å². The average Bonchev–Trinajstić information content (AvgIpc) is 2.46. The lowest BCUT2D eigenvalue weighted by Gasteiger charge is -2.28. The van der Waals surface area contributed by atoms with Crippen LogP contribution in [-0.2, 0) is 11.3 Å². The molecule has 1 aromatic rings. The molecule has 1 fully saturated rings. The molecule has 0 aromatic heterocycles. The van der Waals surface area contributed by atoms with E-state index in [1.807, 2.05) is 18.2 Å². The van der Waals surface area contributed by atoms with Crippen molar-refractivity contribution in [3.8, 4) is 5.75 Å². The Bertz CT molecular complexity index is 504. The number of fused-ring (bicyclic) bond motifs is 1. The third-order valence-corrected chi connectivity index (χ3v) is 3.97. The fourth-order valence-corrected chi connectivity index (χ4v) is 2.84. The van der Waals surface area contributed by atoms with Crippen LogP contribution >= 0.6 is 0 Å². The Hall–Kier alpha value is -1.59. The fourth-order valence-electron chi connectivity index (χ4n) is 2.84. The molecule has 5 heteroatoms. The Morgan fingerprint density at radius 1 is 1.35 bits per heavy atom. The van der Waals surface area contributed by atoms with Gasteiger partial charge in [-0.25, -0.2) is 0 Å². The van der Waals surface area contributed by atoms with E-state index >= 15 is 0 Å². The monoisotopic (exact) mass is 276 g/mol. The predicted octanol–water partition coefficient (Wildman–Crippen LogP) is 1.41. The summed E-state index contributed by atoms with van der Waals surface area (Å²) >= 11 is 0. The van der Waals surface area contributed by atoms with Crippen molar-refractivity contribution in [2.24, 2.45) is 0 Å². The Morgan fingerprint density at radius 2 is 2.20 bits per heavy atom. The van der Waals surface area contributed by atoms with E-state index in [9.17, 15) is 9.90 Å². The number of rotatable bonds is 3. The van der Waals surface area contributed by atoms with Crippen LogP contribution in [0, 0.1) is 0 Å². The Labute approximate surface area is 118 Å². The zero-order valence-electron chi connectivity index (χ0n) is 11.4. The van der Waals surface area contributed by atoms with Gasteiger partial charge in [-0.2, -0.15) is 0 Å². The molecule has 1 aromatic carbocycles. The zero-order chi connectivity index (χ0) is 13.9. The number of benzene rings is 1. The van der Waals surface area contributed by atoms with Crippen LogP contribution in [0.2, 0.25) is 0 Å². The molecule has 20 heavy (non-hydrogen) atoms. The van der Waals surface area contributed by atoms with Gasteiger partial charge in [-0.1, -0.05) is 18.9 Å². The van der Waals surface area contributed by atoms with Crippen LogP contribution in [0.25, 0.3) is 0 Å². The predicted molar refractivity (Wildman–Crippen MR) is 75.7 cm³/mol. The van der Waals surface area contributed by atoms with Crippen LogP contribution in [0.5, 0.6) is 5.75 Å². The maximum atomic E-state index is 11.3. The number of anilines is 1. The summed E-state index contributed by atoms with van der Waals surface area (Å²) in [5.41, 5.74) is 1.80. The third kappa shape index (κ3) is 2.94. The van der Waals surface area contributed by atoms with Gasteiger partial charge in [0, 0.05) is 12.6 Å². The summed E-state index contributed by atoms with van der Waals surface area (Å²) in [4.78, 5) is 11.3. The first-order valence-electron chi connectivity index (χ1n) is 7.19. The number of carbonyl (C=O) groups excluding carboxylic acids is 1. The van der Waals surface area contributed by atoms with Gasteiger partial charge in [0.05, 0.1) is 11.8 Å². The molecule has 0 saturated heterocycles. The molecule has 5 nitrogen and oxygen atoms in total. The molecule has 2 aliphatic rings. The molecule has 1 aliphatic carbocycles. The summed E-state index contributed by atoms with van der Waals surface area (Å²) in [6.07, 6.45) is 3.94. The minimum absolute atomic E-state index is 0.0822. The second kappa shape index (κ2) is 5.81. The van der Waals surface area contributed by atoms with E-state index in [4.69, 9.17) is 4.74 Å². The van der Waals surface area contributed by atoms with Crippen LogP contribution in [-0.4, -0.2) is 29.8 Å². The number of carbonyl (C=O) groups is 1. The van der Waals surface area contributed by atoms with Crippen molar-refractivity contribution in [1.29, 1.82) is 0 Å². The van der Waals surface area contributed by atoms with Gasteiger partial charge in [0.15, 0.2) is 6.61 Å². The lowest BCUT2D eigenvalue weighted by Crippen LogP contribution is -2.41. The highest BCUT2D eigenvalue weighted by Crippen LogP contribution is 2.28. The van der Waals surface area contributed by atoms with Crippen LogP contribution < -0.4 is 15.4 Å². The molecule has 1 aliphatic heterocycles. The molecule has 3 N–H and O–H groups in total. The van der Waals surface area contributed by atoms with Gasteiger partial charge >= 0.3 is 0 Å². The summed E-state index contributed by atoms with van der Waals surface area (Å²) in [6.45, 7) is 0.768. The van der Waals surface area contributed by atoms with Gasteiger partial charge in [0.2, 0.25) is 0 Å². The fraction of sp³-hybridized carbons (Fsp3) is 0.533. The molecule has 108 valence electrons. The summed E-state index contributed by atoms with van der Waals surface area (Å²) in [6, 6.07) is 5.96. The van der Waals surface area contributed by atoms with Gasteiger partial charge in [0.25, 0.3) is 5.91 Å². The molecule has 1 amide bonds. The van der Waals surface area contributed by atoms with Gasteiger partial charge in [-0.05, 0) is 30.5 Å². The summed E-state index contributed by atoms with van der Waals surface area (Å²) in [5, 5.41) is 16.1. The highest BCUT2D eigenvalue weighted by atomic mass is 16.5. The van der Waals surface area contributed by atoms with Crippen LogP contribution in [0.15, 0.2) is 18.2 Å².